The van der Waals surface area contributed by atoms with Crippen molar-refractivity contribution >= 4 is 15.7 Å². The lowest BCUT2D eigenvalue weighted by atomic mass is 9.74. The highest BCUT2D eigenvalue weighted by Crippen LogP contribution is 2.37. The fraction of sp³-hybridized carbons (Fsp3) is 0.556. The standard InChI is InChI=1S/C27H39N3O3S/c1-19(2)34(31,32)30(3)23-14-15-26(33-4)22(16-23)18-28-25-17-21-12-8-9-13-24(21)29-27(25)20-10-6-5-7-11-20/h5-7,10-11,14-16,19,21,24-25,27-29H,8-9,12-13,17-18H2,1-4H3. The van der Waals surface area contributed by atoms with Crippen molar-refractivity contribution in [2.24, 2.45) is 5.92 Å². The minimum Gasteiger partial charge on any atom is -0.496 e. The summed E-state index contributed by atoms with van der Waals surface area (Å²) in [6.45, 7) is 4.02. The van der Waals surface area contributed by atoms with Gasteiger partial charge in [-0.3, -0.25) is 4.31 Å². The van der Waals surface area contributed by atoms with Gasteiger partial charge in [0.2, 0.25) is 10.0 Å². The van der Waals surface area contributed by atoms with Crippen LogP contribution in [0.2, 0.25) is 0 Å². The predicted molar refractivity (Wildman–Crippen MR) is 139 cm³/mol. The molecule has 0 amide bonds. The number of piperidine rings is 1. The van der Waals surface area contributed by atoms with Crippen LogP contribution in [0.4, 0.5) is 5.69 Å². The first-order valence-corrected chi connectivity index (χ1v) is 14.0. The molecule has 2 aliphatic rings. The Hall–Kier alpha value is -2.09. The van der Waals surface area contributed by atoms with Gasteiger partial charge in [-0.15, -0.1) is 0 Å². The van der Waals surface area contributed by atoms with Crippen molar-refractivity contribution in [1.82, 2.24) is 10.6 Å². The number of fused-ring (bicyclic) bond motifs is 1. The van der Waals surface area contributed by atoms with E-state index in [0.717, 1.165) is 17.7 Å². The molecule has 2 aromatic carbocycles. The summed E-state index contributed by atoms with van der Waals surface area (Å²) in [5.41, 5.74) is 2.93. The molecule has 0 bridgehead atoms. The molecule has 6 nitrogen and oxygen atoms in total. The van der Waals surface area contributed by atoms with Gasteiger partial charge < -0.3 is 15.4 Å². The molecule has 0 radical (unpaired) electrons. The highest BCUT2D eigenvalue weighted by Gasteiger charge is 2.38. The minimum absolute atomic E-state index is 0.249. The van der Waals surface area contributed by atoms with Crippen molar-refractivity contribution in [3.8, 4) is 5.75 Å². The lowest BCUT2D eigenvalue weighted by Crippen LogP contribution is -2.55. The molecule has 4 unspecified atom stereocenters. The highest BCUT2D eigenvalue weighted by molar-refractivity contribution is 7.93. The molecular formula is C27H39N3O3S. The van der Waals surface area contributed by atoms with Crippen molar-refractivity contribution < 1.29 is 13.2 Å². The second kappa shape index (κ2) is 10.7. The summed E-state index contributed by atoms with van der Waals surface area (Å²) in [5, 5.41) is 7.30. The third kappa shape index (κ3) is 5.26. The fourth-order valence-electron chi connectivity index (χ4n) is 5.51. The summed E-state index contributed by atoms with van der Waals surface area (Å²) < 4.78 is 32.4. The van der Waals surface area contributed by atoms with Gasteiger partial charge in [-0.25, -0.2) is 8.42 Å². The Balaban J connectivity index is 1.56. The first kappa shape index (κ1) is 25.0. The topological polar surface area (TPSA) is 70.7 Å². The van der Waals surface area contributed by atoms with Crippen LogP contribution in [-0.4, -0.2) is 39.9 Å². The quantitative estimate of drug-likeness (QED) is 0.571. The Labute approximate surface area is 205 Å². The summed E-state index contributed by atoms with van der Waals surface area (Å²) in [4.78, 5) is 0. The second-order valence-corrected chi connectivity index (χ2v) is 12.5. The number of hydrogen-bond acceptors (Lipinski definition) is 5. The molecule has 0 aromatic heterocycles. The van der Waals surface area contributed by atoms with E-state index < -0.39 is 15.3 Å². The SMILES string of the molecule is COc1ccc(N(C)S(=O)(=O)C(C)C)cc1CNC1CC2CCCCC2NC1c1ccccc1. The summed E-state index contributed by atoms with van der Waals surface area (Å²) >= 11 is 0. The van der Waals surface area contributed by atoms with E-state index in [1.807, 2.05) is 18.2 Å². The Kier molecular flexibility index (Phi) is 7.85. The van der Waals surface area contributed by atoms with Crippen LogP contribution in [0.3, 0.4) is 0 Å². The molecule has 2 fully saturated rings. The van der Waals surface area contributed by atoms with Gasteiger partial charge in [0.25, 0.3) is 0 Å². The molecule has 1 aliphatic heterocycles. The average Bonchev–Trinajstić information content (AvgIpc) is 2.86. The Morgan fingerprint density at radius 1 is 1.12 bits per heavy atom. The first-order valence-electron chi connectivity index (χ1n) is 12.5. The van der Waals surface area contributed by atoms with Gasteiger partial charge in [0, 0.05) is 37.3 Å². The molecule has 34 heavy (non-hydrogen) atoms. The third-order valence-electron chi connectivity index (χ3n) is 7.58. The maximum absolute atomic E-state index is 12.7. The molecular weight excluding hydrogens is 446 g/mol. The van der Waals surface area contributed by atoms with Crippen LogP contribution in [0.15, 0.2) is 48.5 Å². The largest absolute Gasteiger partial charge is 0.496 e. The number of nitrogens with one attached hydrogen (secondary N) is 2. The molecule has 1 saturated heterocycles. The van der Waals surface area contributed by atoms with Crippen LogP contribution in [0.1, 0.15) is 63.1 Å². The smallest absolute Gasteiger partial charge is 0.237 e. The monoisotopic (exact) mass is 485 g/mol. The number of methoxy groups -OCH3 is 1. The van der Waals surface area contributed by atoms with Gasteiger partial charge >= 0.3 is 0 Å². The zero-order valence-electron chi connectivity index (χ0n) is 20.8. The van der Waals surface area contributed by atoms with Crippen LogP contribution in [0, 0.1) is 5.92 Å². The van der Waals surface area contributed by atoms with Gasteiger partial charge in [0.05, 0.1) is 18.0 Å². The molecule has 4 atom stereocenters. The van der Waals surface area contributed by atoms with E-state index in [2.05, 4.69) is 41.0 Å². The summed E-state index contributed by atoms with van der Waals surface area (Å²) in [6, 6.07) is 17.4. The molecule has 1 heterocycles. The zero-order chi connectivity index (χ0) is 24.3. The molecule has 1 aliphatic carbocycles. The van der Waals surface area contributed by atoms with Crippen molar-refractivity contribution in [2.45, 2.75) is 75.9 Å². The Morgan fingerprint density at radius 2 is 1.85 bits per heavy atom. The maximum Gasteiger partial charge on any atom is 0.237 e. The Bertz CT molecular complexity index is 1060. The average molecular weight is 486 g/mol. The van der Waals surface area contributed by atoms with Crippen molar-refractivity contribution in [3.63, 3.8) is 0 Å². The number of rotatable bonds is 8. The minimum atomic E-state index is -3.40. The van der Waals surface area contributed by atoms with Crippen LogP contribution in [-0.2, 0) is 16.6 Å². The molecule has 0 spiro atoms. The molecule has 2 N–H and O–H groups in total. The normalized spacial score (nSPS) is 25.1. The van der Waals surface area contributed by atoms with Crippen LogP contribution >= 0.6 is 0 Å². The van der Waals surface area contributed by atoms with Crippen LogP contribution < -0.4 is 19.7 Å². The van der Waals surface area contributed by atoms with Crippen molar-refractivity contribution in [1.29, 1.82) is 0 Å². The van der Waals surface area contributed by atoms with Crippen LogP contribution in [0.5, 0.6) is 5.75 Å². The number of anilines is 1. The highest BCUT2D eigenvalue weighted by atomic mass is 32.2. The molecule has 1 saturated carbocycles. The first-order chi connectivity index (χ1) is 16.3. The summed E-state index contributed by atoms with van der Waals surface area (Å²) in [5.74, 6) is 1.46. The van der Waals surface area contributed by atoms with E-state index in [-0.39, 0.29) is 12.1 Å². The van der Waals surface area contributed by atoms with E-state index in [1.165, 1.54) is 35.6 Å². The lowest BCUT2D eigenvalue weighted by molar-refractivity contribution is 0.140. The Morgan fingerprint density at radius 3 is 2.56 bits per heavy atom. The van der Waals surface area contributed by atoms with Gasteiger partial charge in [-0.2, -0.15) is 0 Å². The predicted octanol–water partition coefficient (Wildman–Crippen LogP) is 4.62. The fourth-order valence-corrected chi connectivity index (χ4v) is 6.55. The van der Waals surface area contributed by atoms with E-state index in [0.29, 0.717) is 24.2 Å². The summed E-state index contributed by atoms with van der Waals surface area (Å²) in [7, 11) is -0.117. The number of sulfonamides is 1. The molecule has 7 heteroatoms. The zero-order valence-corrected chi connectivity index (χ0v) is 21.6. The molecule has 2 aromatic rings. The van der Waals surface area contributed by atoms with E-state index in [1.54, 1.807) is 28.0 Å². The lowest BCUT2D eigenvalue weighted by Gasteiger charge is -2.45. The van der Waals surface area contributed by atoms with Crippen molar-refractivity contribution in [2.75, 3.05) is 18.5 Å². The number of hydrogen-bond donors (Lipinski definition) is 2. The maximum atomic E-state index is 12.7. The van der Waals surface area contributed by atoms with Gasteiger partial charge in [-0.1, -0.05) is 43.2 Å². The van der Waals surface area contributed by atoms with Gasteiger partial charge in [0.1, 0.15) is 5.75 Å². The summed E-state index contributed by atoms with van der Waals surface area (Å²) in [6.07, 6.45) is 6.31. The van der Waals surface area contributed by atoms with Crippen LogP contribution in [0.25, 0.3) is 0 Å². The number of benzene rings is 2. The van der Waals surface area contributed by atoms with E-state index in [4.69, 9.17) is 4.74 Å². The van der Waals surface area contributed by atoms with Crippen molar-refractivity contribution in [3.05, 3.63) is 59.7 Å². The van der Waals surface area contributed by atoms with E-state index >= 15 is 0 Å². The number of ether oxygens (including phenoxy) is 1. The second-order valence-electron chi connectivity index (χ2n) is 9.99. The molecule has 4 rings (SSSR count). The van der Waals surface area contributed by atoms with Gasteiger partial charge in [-0.05, 0) is 62.8 Å². The van der Waals surface area contributed by atoms with Gasteiger partial charge in [0.15, 0.2) is 0 Å². The molecule has 186 valence electrons. The number of nitrogens with zero attached hydrogens (tertiary/aromatic N) is 1. The third-order valence-corrected chi connectivity index (χ3v) is 9.75. The van der Waals surface area contributed by atoms with E-state index in [9.17, 15) is 8.42 Å².